The monoisotopic (exact) mass is 350 g/mol. The van der Waals surface area contributed by atoms with Gasteiger partial charge in [-0.1, -0.05) is 6.07 Å². The third kappa shape index (κ3) is 3.65. The lowest BCUT2D eigenvalue weighted by Crippen LogP contribution is -2.30. The molecule has 1 aromatic heterocycles. The van der Waals surface area contributed by atoms with Crippen LogP contribution in [0.1, 0.15) is 22.2 Å². The van der Waals surface area contributed by atoms with Gasteiger partial charge in [-0.3, -0.25) is 14.9 Å². The molecule has 2 aromatic rings. The first-order valence-corrected chi connectivity index (χ1v) is 8.11. The van der Waals surface area contributed by atoms with Gasteiger partial charge in [0.2, 0.25) is 0 Å². The van der Waals surface area contributed by atoms with Gasteiger partial charge in [-0.15, -0.1) is 11.3 Å². The first kappa shape index (κ1) is 17.7. The van der Waals surface area contributed by atoms with Gasteiger partial charge in [0.05, 0.1) is 31.8 Å². The molecule has 128 valence electrons. The molecule has 0 fully saturated rings. The third-order valence-corrected chi connectivity index (χ3v) is 4.39. The Balaban J connectivity index is 2.43. The minimum atomic E-state index is -0.589. The van der Waals surface area contributed by atoms with Gasteiger partial charge in [0.15, 0.2) is 11.5 Å². The molecule has 0 aliphatic carbocycles. The lowest BCUT2D eigenvalue weighted by molar-refractivity contribution is -0.385. The molecule has 8 heteroatoms. The number of amides is 1. The van der Waals surface area contributed by atoms with Gasteiger partial charge in [0.25, 0.3) is 11.6 Å². The van der Waals surface area contributed by atoms with Gasteiger partial charge in [-0.25, -0.2) is 0 Å². The van der Waals surface area contributed by atoms with Crippen molar-refractivity contribution in [1.29, 1.82) is 0 Å². The number of carbonyl (C=O) groups excluding carboxylic acids is 1. The van der Waals surface area contributed by atoms with E-state index in [0.717, 1.165) is 4.88 Å². The molecule has 0 aliphatic heterocycles. The molecule has 0 bridgehead atoms. The second-order valence-electron chi connectivity index (χ2n) is 4.88. The molecule has 0 unspecified atom stereocenters. The summed E-state index contributed by atoms with van der Waals surface area (Å²) in [4.78, 5) is 26.2. The quantitative estimate of drug-likeness (QED) is 0.565. The summed E-state index contributed by atoms with van der Waals surface area (Å²) in [5.41, 5.74) is -0.321. The zero-order valence-corrected chi connectivity index (χ0v) is 14.5. The van der Waals surface area contributed by atoms with Crippen molar-refractivity contribution >= 4 is 22.9 Å². The van der Waals surface area contributed by atoms with Crippen LogP contribution in [0.4, 0.5) is 5.69 Å². The average molecular weight is 350 g/mol. The van der Waals surface area contributed by atoms with Crippen molar-refractivity contribution in [3.8, 4) is 11.5 Å². The number of hydrogen-bond donors (Lipinski definition) is 0. The van der Waals surface area contributed by atoms with Crippen LogP contribution in [0.5, 0.6) is 11.5 Å². The number of thiophene rings is 1. The van der Waals surface area contributed by atoms with Crippen molar-refractivity contribution in [3.63, 3.8) is 0 Å². The molecule has 24 heavy (non-hydrogen) atoms. The average Bonchev–Trinajstić information content (AvgIpc) is 3.10. The fourth-order valence-electron chi connectivity index (χ4n) is 2.28. The first-order valence-electron chi connectivity index (χ1n) is 7.23. The summed E-state index contributed by atoms with van der Waals surface area (Å²) in [5, 5.41) is 13.3. The molecular formula is C16H18N2O5S. The molecule has 1 heterocycles. The number of carbonyl (C=O) groups is 1. The molecule has 1 amide bonds. The number of rotatable bonds is 7. The molecule has 7 nitrogen and oxygen atoms in total. The van der Waals surface area contributed by atoms with E-state index in [2.05, 4.69) is 0 Å². The number of hydrogen-bond acceptors (Lipinski definition) is 6. The van der Waals surface area contributed by atoms with Crippen molar-refractivity contribution in [1.82, 2.24) is 4.90 Å². The molecular weight excluding hydrogens is 332 g/mol. The first-order chi connectivity index (χ1) is 11.5. The standard InChI is InChI=1S/C16H18N2O5S/c1-4-17(10-11-6-5-7-24-11)16(19)12-8-14(22-2)15(23-3)9-13(12)18(20)21/h5-9H,4,10H2,1-3H3. The minimum absolute atomic E-state index is 0.0175. The predicted molar refractivity (Wildman–Crippen MR) is 90.9 cm³/mol. The molecule has 0 aliphatic rings. The van der Waals surface area contributed by atoms with Crippen LogP contribution in [-0.4, -0.2) is 36.5 Å². The van der Waals surface area contributed by atoms with Crippen molar-refractivity contribution in [2.45, 2.75) is 13.5 Å². The van der Waals surface area contributed by atoms with Gasteiger partial charge >= 0.3 is 0 Å². The summed E-state index contributed by atoms with van der Waals surface area (Å²) in [7, 11) is 2.80. The molecule has 0 atom stereocenters. The number of benzene rings is 1. The van der Waals surface area contributed by atoms with Crippen LogP contribution in [-0.2, 0) is 6.54 Å². The Labute approximate surface area is 143 Å². The van der Waals surface area contributed by atoms with Crippen LogP contribution in [0.3, 0.4) is 0 Å². The van der Waals surface area contributed by atoms with E-state index < -0.39 is 10.8 Å². The molecule has 0 saturated carbocycles. The maximum absolute atomic E-state index is 12.8. The third-order valence-electron chi connectivity index (χ3n) is 3.52. The van der Waals surface area contributed by atoms with E-state index in [0.29, 0.717) is 13.1 Å². The van der Waals surface area contributed by atoms with Gasteiger partial charge < -0.3 is 14.4 Å². The largest absolute Gasteiger partial charge is 0.493 e. The Hall–Kier alpha value is -2.61. The lowest BCUT2D eigenvalue weighted by atomic mass is 10.1. The Morgan fingerprint density at radius 3 is 2.46 bits per heavy atom. The Kier molecular flexibility index (Phi) is 5.75. The second-order valence-corrected chi connectivity index (χ2v) is 5.91. The highest BCUT2D eigenvalue weighted by molar-refractivity contribution is 7.09. The Bertz CT molecular complexity index is 730. The predicted octanol–water partition coefficient (Wildman–Crippen LogP) is 3.34. The summed E-state index contributed by atoms with van der Waals surface area (Å²) in [6.45, 7) is 2.67. The molecule has 0 N–H and O–H groups in total. The van der Waals surface area contributed by atoms with Crippen LogP contribution >= 0.6 is 11.3 Å². The van der Waals surface area contributed by atoms with Crippen molar-refractivity contribution < 1.29 is 19.2 Å². The molecule has 1 aromatic carbocycles. The molecule has 2 rings (SSSR count). The highest BCUT2D eigenvalue weighted by Gasteiger charge is 2.27. The van der Waals surface area contributed by atoms with E-state index >= 15 is 0 Å². The van der Waals surface area contributed by atoms with E-state index in [1.54, 1.807) is 4.90 Å². The number of nitro groups is 1. The van der Waals surface area contributed by atoms with Crippen LogP contribution in [0, 0.1) is 10.1 Å². The van der Waals surface area contributed by atoms with Gasteiger partial charge in [0, 0.05) is 17.5 Å². The summed E-state index contributed by atoms with van der Waals surface area (Å²) in [6, 6.07) is 6.39. The zero-order chi connectivity index (χ0) is 17.7. The summed E-state index contributed by atoms with van der Waals surface area (Å²) in [5.74, 6) is 0.0687. The Morgan fingerprint density at radius 2 is 1.96 bits per heavy atom. The van der Waals surface area contributed by atoms with Crippen LogP contribution in [0.2, 0.25) is 0 Å². The van der Waals surface area contributed by atoms with Gasteiger partial charge in [0.1, 0.15) is 5.56 Å². The number of methoxy groups -OCH3 is 2. The number of nitrogens with zero attached hydrogens (tertiary/aromatic N) is 2. The Morgan fingerprint density at radius 1 is 1.29 bits per heavy atom. The maximum atomic E-state index is 12.8. The SMILES string of the molecule is CCN(Cc1cccs1)C(=O)c1cc(OC)c(OC)cc1[N+](=O)[O-]. The number of ether oxygens (including phenoxy) is 2. The maximum Gasteiger partial charge on any atom is 0.286 e. The van der Waals surface area contributed by atoms with Crippen LogP contribution in [0.25, 0.3) is 0 Å². The van der Waals surface area contributed by atoms with Crippen molar-refractivity contribution in [2.24, 2.45) is 0 Å². The van der Waals surface area contributed by atoms with E-state index in [-0.39, 0.29) is 22.7 Å². The topological polar surface area (TPSA) is 81.9 Å². The number of nitro benzene ring substituents is 1. The van der Waals surface area contributed by atoms with E-state index in [4.69, 9.17) is 9.47 Å². The fourth-order valence-corrected chi connectivity index (χ4v) is 3.00. The van der Waals surface area contributed by atoms with Crippen molar-refractivity contribution in [2.75, 3.05) is 20.8 Å². The summed E-state index contributed by atoms with van der Waals surface area (Å²) >= 11 is 1.53. The summed E-state index contributed by atoms with van der Waals surface area (Å²) in [6.07, 6.45) is 0. The van der Waals surface area contributed by atoms with Crippen molar-refractivity contribution in [3.05, 3.63) is 50.2 Å². The van der Waals surface area contributed by atoms with Gasteiger partial charge in [-0.2, -0.15) is 0 Å². The normalized spacial score (nSPS) is 10.3. The van der Waals surface area contributed by atoms with E-state index in [1.807, 2.05) is 24.4 Å². The minimum Gasteiger partial charge on any atom is -0.493 e. The van der Waals surface area contributed by atoms with E-state index in [9.17, 15) is 14.9 Å². The molecule has 0 spiro atoms. The van der Waals surface area contributed by atoms with E-state index in [1.165, 1.54) is 37.7 Å². The summed E-state index contributed by atoms with van der Waals surface area (Å²) < 4.78 is 10.2. The molecule has 0 radical (unpaired) electrons. The molecule has 0 saturated heterocycles. The highest BCUT2D eigenvalue weighted by atomic mass is 32.1. The smallest absolute Gasteiger partial charge is 0.286 e. The van der Waals surface area contributed by atoms with Crippen LogP contribution in [0.15, 0.2) is 29.6 Å². The lowest BCUT2D eigenvalue weighted by Gasteiger charge is -2.20. The second kappa shape index (κ2) is 7.78. The fraction of sp³-hybridized carbons (Fsp3) is 0.312. The zero-order valence-electron chi connectivity index (χ0n) is 13.6. The van der Waals surface area contributed by atoms with Crippen LogP contribution < -0.4 is 9.47 Å². The highest BCUT2D eigenvalue weighted by Crippen LogP contribution is 2.35. The van der Waals surface area contributed by atoms with Gasteiger partial charge in [-0.05, 0) is 18.4 Å².